The monoisotopic (exact) mass is 188 g/mol. The Balaban J connectivity index is 2.46. The zero-order valence-corrected chi connectivity index (χ0v) is 7.23. The molecule has 5 heteroatoms. The van der Waals surface area contributed by atoms with E-state index in [1.54, 1.807) is 0 Å². The smallest absolute Gasteiger partial charge is 0.151 e. The maximum Gasteiger partial charge on any atom is 0.151 e. The first-order valence-corrected chi connectivity index (χ1v) is 4.29. The molecule has 0 aliphatic carbocycles. The van der Waals surface area contributed by atoms with Crippen LogP contribution in [0.3, 0.4) is 0 Å². The van der Waals surface area contributed by atoms with Crippen LogP contribution in [0.4, 0.5) is 5.82 Å². The molecule has 3 rings (SSSR count). The number of aromatic nitrogens is 2. The van der Waals surface area contributed by atoms with Gasteiger partial charge in [0.05, 0.1) is 10.9 Å². The van der Waals surface area contributed by atoms with Gasteiger partial charge < -0.3 is 10.5 Å². The van der Waals surface area contributed by atoms with E-state index in [9.17, 15) is 5.11 Å². The third-order valence-electron chi connectivity index (χ3n) is 2.32. The zero-order chi connectivity index (χ0) is 9.54. The molecule has 3 N–H and O–H groups in total. The van der Waals surface area contributed by atoms with Crippen molar-refractivity contribution in [2.45, 2.75) is 6.23 Å². The summed E-state index contributed by atoms with van der Waals surface area (Å²) < 4.78 is 0. The molecule has 1 aromatic heterocycles. The maximum atomic E-state index is 9.64. The number of hydrogen-bond donors (Lipinski definition) is 3. The molecule has 0 saturated heterocycles. The Morgan fingerprint density at radius 1 is 1.29 bits per heavy atom. The van der Waals surface area contributed by atoms with Gasteiger partial charge in [0.15, 0.2) is 5.82 Å². The summed E-state index contributed by atoms with van der Waals surface area (Å²) in [6.45, 7) is 0. The second-order valence-electron chi connectivity index (χ2n) is 3.14. The van der Waals surface area contributed by atoms with Gasteiger partial charge in [0.25, 0.3) is 0 Å². The average molecular weight is 188 g/mol. The van der Waals surface area contributed by atoms with Crippen LogP contribution in [0.15, 0.2) is 24.5 Å². The molecule has 0 fully saturated rings. The number of hydrazine groups is 1. The average Bonchev–Trinajstić information content (AvgIpc) is 2.24. The molecule has 0 bridgehead atoms. The number of aliphatic hydroxyl groups is 1. The summed E-state index contributed by atoms with van der Waals surface area (Å²) in [6.07, 6.45) is 0.783. The quantitative estimate of drug-likeness (QED) is 0.563. The van der Waals surface area contributed by atoms with Crippen molar-refractivity contribution in [1.82, 2.24) is 15.4 Å². The summed E-state index contributed by atoms with van der Waals surface area (Å²) in [7, 11) is 0. The van der Waals surface area contributed by atoms with Gasteiger partial charge in [-0.3, -0.25) is 0 Å². The Kier molecular flexibility index (Phi) is 1.44. The van der Waals surface area contributed by atoms with Crippen molar-refractivity contribution in [3.05, 3.63) is 30.1 Å². The summed E-state index contributed by atoms with van der Waals surface area (Å²) >= 11 is 0. The van der Waals surface area contributed by atoms with E-state index in [0.717, 1.165) is 16.5 Å². The summed E-state index contributed by atoms with van der Waals surface area (Å²) in [5.41, 5.74) is 7.18. The number of benzene rings is 1. The van der Waals surface area contributed by atoms with Crippen LogP contribution in [0.5, 0.6) is 0 Å². The highest BCUT2D eigenvalue weighted by Gasteiger charge is 2.19. The lowest BCUT2D eigenvalue weighted by Gasteiger charge is -2.22. The fourth-order valence-electron chi connectivity index (χ4n) is 1.67. The normalized spacial score (nSPS) is 19.4. The van der Waals surface area contributed by atoms with Crippen LogP contribution >= 0.6 is 0 Å². The van der Waals surface area contributed by atoms with Gasteiger partial charge in [-0.2, -0.15) is 0 Å². The molecule has 1 aromatic carbocycles. The largest absolute Gasteiger partial charge is 0.373 e. The van der Waals surface area contributed by atoms with Gasteiger partial charge in [0.1, 0.15) is 12.6 Å². The second kappa shape index (κ2) is 2.63. The van der Waals surface area contributed by atoms with Crippen molar-refractivity contribution in [2.24, 2.45) is 0 Å². The number of rotatable bonds is 0. The fraction of sp³-hybridized carbons (Fsp3) is 0.111. The van der Waals surface area contributed by atoms with Gasteiger partial charge in [-0.1, -0.05) is 12.1 Å². The minimum atomic E-state index is -0.711. The zero-order valence-electron chi connectivity index (χ0n) is 7.23. The molecule has 0 amide bonds. The molecule has 70 valence electrons. The Morgan fingerprint density at radius 3 is 3.14 bits per heavy atom. The molecule has 1 aliphatic rings. The minimum Gasteiger partial charge on any atom is -0.373 e. The van der Waals surface area contributed by atoms with E-state index < -0.39 is 6.23 Å². The first-order valence-electron chi connectivity index (χ1n) is 4.29. The molecule has 0 spiro atoms. The van der Waals surface area contributed by atoms with Gasteiger partial charge >= 0.3 is 0 Å². The maximum absolute atomic E-state index is 9.64. The van der Waals surface area contributed by atoms with E-state index in [4.69, 9.17) is 0 Å². The van der Waals surface area contributed by atoms with E-state index in [1.165, 1.54) is 6.33 Å². The standard InChI is InChI=1S/C9H8N4O/c14-9-5-2-1-3-6-7(5)8(12-13-9)11-4-10-6/h1-4,9,13-14H,(H,10,11,12). The Bertz CT molecular complexity index is 494. The number of hydrogen-bond acceptors (Lipinski definition) is 5. The summed E-state index contributed by atoms with van der Waals surface area (Å²) in [5.74, 6) is 0.705. The van der Waals surface area contributed by atoms with Crippen molar-refractivity contribution in [3.8, 4) is 0 Å². The van der Waals surface area contributed by atoms with Crippen molar-refractivity contribution in [3.63, 3.8) is 0 Å². The number of anilines is 1. The van der Waals surface area contributed by atoms with Crippen molar-refractivity contribution >= 4 is 16.7 Å². The summed E-state index contributed by atoms with van der Waals surface area (Å²) in [5, 5.41) is 10.5. The Morgan fingerprint density at radius 2 is 2.21 bits per heavy atom. The number of aliphatic hydroxyl groups excluding tert-OH is 1. The third-order valence-corrected chi connectivity index (χ3v) is 2.32. The lowest BCUT2D eigenvalue weighted by atomic mass is 10.1. The first-order chi connectivity index (χ1) is 6.86. The number of nitrogens with zero attached hydrogens (tertiary/aromatic N) is 2. The van der Waals surface area contributed by atoms with E-state index in [1.807, 2.05) is 18.2 Å². The molecule has 2 aromatic rings. The molecule has 0 radical (unpaired) electrons. The SMILES string of the molecule is OC1NNc2ncnc3cccc1c23. The third kappa shape index (κ3) is 0.905. The molecule has 1 aliphatic heterocycles. The van der Waals surface area contributed by atoms with Crippen LogP contribution in [0.2, 0.25) is 0 Å². The highest BCUT2D eigenvalue weighted by atomic mass is 16.3. The highest BCUT2D eigenvalue weighted by molar-refractivity contribution is 5.92. The first kappa shape index (κ1) is 7.66. The van der Waals surface area contributed by atoms with Gasteiger partial charge in [-0.15, -0.1) is 0 Å². The van der Waals surface area contributed by atoms with Crippen LogP contribution in [0.1, 0.15) is 11.8 Å². The molecule has 2 heterocycles. The summed E-state index contributed by atoms with van der Waals surface area (Å²) in [4.78, 5) is 8.21. The second-order valence-corrected chi connectivity index (χ2v) is 3.14. The lowest BCUT2D eigenvalue weighted by molar-refractivity contribution is 0.148. The van der Waals surface area contributed by atoms with Crippen LogP contribution < -0.4 is 10.9 Å². The van der Waals surface area contributed by atoms with Crippen LogP contribution in [-0.2, 0) is 0 Å². The molecule has 14 heavy (non-hydrogen) atoms. The predicted molar refractivity (Wildman–Crippen MR) is 51.3 cm³/mol. The molecule has 0 saturated carbocycles. The van der Waals surface area contributed by atoms with Crippen LogP contribution in [0.25, 0.3) is 10.9 Å². The van der Waals surface area contributed by atoms with Crippen LogP contribution in [-0.4, -0.2) is 15.1 Å². The molecule has 5 nitrogen and oxygen atoms in total. The van der Waals surface area contributed by atoms with Gasteiger partial charge in [-0.25, -0.2) is 15.4 Å². The van der Waals surface area contributed by atoms with Crippen molar-refractivity contribution < 1.29 is 5.11 Å². The number of nitrogens with one attached hydrogen (secondary N) is 2. The van der Waals surface area contributed by atoms with Gasteiger partial charge in [0, 0.05) is 5.56 Å². The molecular formula is C9H8N4O. The van der Waals surface area contributed by atoms with Crippen molar-refractivity contribution in [2.75, 3.05) is 5.43 Å². The van der Waals surface area contributed by atoms with Crippen LogP contribution in [0, 0.1) is 0 Å². The lowest BCUT2D eigenvalue weighted by Crippen LogP contribution is -2.31. The van der Waals surface area contributed by atoms with E-state index in [2.05, 4.69) is 20.8 Å². The van der Waals surface area contributed by atoms with Gasteiger partial charge in [0.2, 0.25) is 0 Å². The van der Waals surface area contributed by atoms with E-state index in [-0.39, 0.29) is 0 Å². The van der Waals surface area contributed by atoms with E-state index in [0.29, 0.717) is 5.82 Å². The fourth-order valence-corrected chi connectivity index (χ4v) is 1.67. The topological polar surface area (TPSA) is 70.1 Å². The molecular weight excluding hydrogens is 180 g/mol. The predicted octanol–water partition coefficient (Wildman–Crippen LogP) is 0.551. The minimum absolute atomic E-state index is 0.705. The molecule has 1 atom stereocenters. The highest BCUT2D eigenvalue weighted by Crippen LogP contribution is 2.29. The Labute approximate surface area is 79.8 Å². The Hall–Kier alpha value is -1.72. The van der Waals surface area contributed by atoms with E-state index >= 15 is 0 Å². The van der Waals surface area contributed by atoms with Gasteiger partial charge in [-0.05, 0) is 6.07 Å². The molecule has 1 unspecified atom stereocenters. The van der Waals surface area contributed by atoms with Crippen molar-refractivity contribution in [1.29, 1.82) is 0 Å². The summed E-state index contributed by atoms with van der Waals surface area (Å²) in [6, 6.07) is 5.61.